The van der Waals surface area contributed by atoms with E-state index in [-0.39, 0.29) is 12.4 Å². The summed E-state index contributed by atoms with van der Waals surface area (Å²) in [5, 5.41) is 0. The Morgan fingerprint density at radius 3 is 2.88 bits per heavy atom. The highest BCUT2D eigenvalue weighted by molar-refractivity contribution is 5.85. The van der Waals surface area contributed by atoms with Gasteiger partial charge in [-0.1, -0.05) is 0 Å². The number of aryl methyl sites for hydroxylation is 1. The molecule has 2 N–H and O–H groups in total. The van der Waals surface area contributed by atoms with Gasteiger partial charge in [0.1, 0.15) is 0 Å². The number of nitrogens with zero attached hydrogens (tertiary/aromatic N) is 3. The van der Waals surface area contributed by atoms with Crippen molar-refractivity contribution in [1.29, 1.82) is 0 Å². The fraction of sp³-hybridized carbons (Fsp3) is 0.727. The molecule has 5 heteroatoms. The Kier molecular flexibility index (Phi) is 4.77. The minimum Gasteiger partial charge on any atom is -0.337 e. The first-order chi connectivity index (χ1) is 7.16. The van der Waals surface area contributed by atoms with Crippen LogP contribution in [0.3, 0.4) is 0 Å². The maximum atomic E-state index is 5.92. The summed E-state index contributed by atoms with van der Waals surface area (Å²) in [5.74, 6) is 0.665. The molecule has 2 unspecified atom stereocenters. The molecule has 1 aromatic rings. The van der Waals surface area contributed by atoms with Crippen LogP contribution in [0.5, 0.6) is 0 Å². The van der Waals surface area contributed by atoms with Crippen molar-refractivity contribution >= 4 is 12.4 Å². The van der Waals surface area contributed by atoms with Crippen LogP contribution in [0.1, 0.15) is 19.0 Å². The molecule has 0 aliphatic carbocycles. The van der Waals surface area contributed by atoms with Gasteiger partial charge in [-0.3, -0.25) is 4.90 Å². The van der Waals surface area contributed by atoms with E-state index in [1.54, 1.807) is 0 Å². The molecule has 1 saturated heterocycles. The summed E-state index contributed by atoms with van der Waals surface area (Å²) in [5.41, 5.74) is 7.20. The zero-order valence-electron chi connectivity index (χ0n) is 9.97. The molecule has 2 heterocycles. The van der Waals surface area contributed by atoms with E-state index in [1.807, 2.05) is 19.6 Å². The average Bonchev–Trinajstić information content (AvgIpc) is 2.77. The second-order valence-corrected chi connectivity index (χ2v) is 4.64. The zero-order valence-corrected chi connectivity index (χ0v) is 10.8. The molecule has 4 nitrogen and oxygen atoms in total. The molecule has 2 rings (SSSR count). The van der Waals surface area contributed by atoms with Crippen LogP contribution in [-0.4, -0.2) is 33.6 Å². The first-order valence-corrected chi connectivity index (χ1v) is 5.60. The van der Waals surface area contributed by atoms with Crippen LogP contribution in [0.15, 0.2) is 12.5 Å². The number of halogens is 1. The first-order valence-electron chi connectivity index (χ1n) is 5.60. The fourth-order valence-electron chi connectivity index (χ4n) is 2.20. The van der Waals surface area contributed by atoms with Crippen LogP contribution in [0.2, 0.25) is 0 Å². The van der Waals surface area contributed by atoms with E-state index in [9.17, 15) is 0 Å². The number of likely N-dealkylation sites (tertiary alicyclic amines) is 1. The molecule has 0 amide bonds. The highest BCUT2D eigenvalue weighted by atomic mass is 35.5. The molecule has 16 heavy (non-hydrogen) atoms. The van der Waals surface area contributed by atoms with E-state index >= 15 is 0 Å². The van der Waals surface area contributed by atoms with Crippen molar-refractivity contribution in [2.75, 3.05) is 13.1 Å². The maximum Gasteiger partial charge on any atom is 0.0945 e. The summed E-state index contributed by atoms with van der Waals surface area (Å²) in [6.45, 7) is 5.40. The topological polar surface area (TPSA) is 47.1 Å². The Morgan fingerprint density at radius 2 is 2.38 bits per heavy atom. The lowest BCUT2D eigenvalue weighted by molar-refractivity contribution is 0.302. The first kappa shape index (κ1) is 13.5. The van der Waals surface area contributed by atoms with Crippen molar-refractivity contribution in [2.45, 2.75) is 25.9 Å². The smallest absolute Gasteiger partial charge is 0.0945 e. The van der Waals surface area contributed by atoms with E-state index in [0.717, 1.165) is 19.6 Å². The van der Waals surface area contributed by atoms with E-state index in [2.05, 4.69) is 21.4 Å². The molecule has 1 aliphatic heterocycles. The van der Waals surface area contributed by atoms with Crippen molar-refractivity contribution in [2.24, 2.45) is 18.7 Å². The Hall–Kier alpha value is -0.580. The highest BCUT2D eigenvalue weighted by Gasteiger charge is 2.25. The predicted octanol–water partition coefficient (Wildman–Crippen LogP) is 1.01. The quantitative estimate of drug-likeness (QED) is 0.864. The van der Waals surface area contributed by atoms with Crippen LogP contribution < -0.4 is 5.73 Å². The van der Waals surface area contributed by atoms with Gasteiger partial charge in [-0.15, -0.1) is 12.4 Å². The van der Waals surface area contributed by atoms with E-state index in [1.165, 1.54) is 12.1 Å². The zero-order chi connectivity index (χ0) is 10.8. The maximum absolute atomic E-state index is 5.92. The third-order valence-corrected chi connectivity index (χ3v) is 3.35. The summed E-state index contributed by atoms with van der Waals surface area (Å²) >= 11 is 0. The van der Waals surface area contributed by atoms with E-state index < -0.39 is 0 Å². The van der Waals surface area contributed by atoms with Gasteiger partial charge in [0.15, 0.2) is 0 Å². The SMILES string of the molecule is CC(N)C1CCN(Cc2cncn2C)C1.Cl. The van der Waals surface area contributed by atoms with E-state index in [0.29, 0.717) is 12.0 Å². The highest BCUT2D eigenvalue weighted by Crippen LogP contribution is 2.20. The minimum atomic E-state index is 0. The molecule has 1 aliphatic rings. The monoisotopic (exact) mass is 244 g/mol. The Morgan fingerprint density at radius 1 is 1.62 bits per heavy atom. The Balaban J connectivity index is 0.00000128. The molecule has 0 aromatic carbocycles. The largest absolute Gasteiger partial charge is 0.337 e. The van der Waals surface area contributed by atoms with Crippen molar-refractivity contribution in [3.63, 3.8) is 0 Å². The van der Waals surface area contributed by atoms with Crippen LogP contribution in [0.25, 0.3) is 0 Å². The third-order valence-electron chi connectivity index (χ3n) is 3.35. The van der Waals surface area contributed by atoms with Gasteiger partial charge in [0.2, 0.25) is 0 Å². The lowest BCUT2D eigenvalue weighted by atomic mass is 10.0. The predicted molar refractivity (Wildman–Crippen MR) is 67.5 cm³/mol. The van der Waals surface area contributed by atoms with Crippen molar-refractivity contribution in [3.8, 4) is 0 Å². The van der Waals surface area contributed by atoms with Crippen LogP contribution in [0.4, 0.5) is 0 Å². The third kappa shape index (κ3) is 2.97. The van der Waals surface area contributed by atoms with Gasteiger partial charge in [0.25, 0.3) is 0 Å². The summed E-state index contributed by atoms with van der Waals surface area (Å²) in [6, 6.07) is 0.321. The second kappa shape index (κ2) is 5.66. The van der Waals surface area contributed by atoms with Gasteiger partial charge in [-0.2, -0.15) is 0 Å². The second-order valence-electron chi connectivity index (χ2n) is 4.64. The molecule has 0 radical (unpaired) electrons. The minimum absolute atomic E-state index is 0. The molecule has 92 valence electrons. The lowest BCUT2D eigenvalue weighted by Gasteiger charge is -2.17. The van der Waals surface area contributed by atoms with Crippen molar-refractivity contribution < 1.29 is 0 Å². The molecule has 0 saturated carbocycles. The molecule has 2 atom stereocenters. The van der Waals surface area contributed by atoms with Crippen LogP contribution >= 0.6 is 12.4 Å². The Bertz CT molecular complexity index is 324. The molecule has 0 bridgehead atoms. The molecule has 0 spiro atoms. The summed E-state index contributed by atoms with van der Waals surface area (Å²) in [4.78, 5) is 6.59. The average molecular weight is 245 g/mol. The molecule has 1 fully saturated rings. The fourth-order valence-corrected chi connectivity index (χ4v) is 2.20. The van der Waals surface area contributed by atoms with Gasteiger partial charge < -0.3 is 10.3 Å². The number of nitrogens with two attached hydrogens (primary N) is 1. The van der Waals surface area contributed by atoms with Crippen molar-refractivity contribution in [3.05, 3.63) is 18.2 Å². The summed E-state index contributed by atoms with van der Waals surface area (Å²) in [6.07, 6.45) is 5.03. The standard InChI is InChI=1S/C11H20N4.ClH/c1-9(12)10-3-4-15(6-10)7-11-5-13-8-14(11)2;/h5,8-10H,3-4,6-7,12H2,1-2H3;1H. The molecule has 1 aromatic heterocycles. The Labute approximate surface area is 103 Å². The molecular formula is C11H21ClN4. The van der Waals surface area contributed by atoms with Crippen LogP contribution in [0, 0.1) is 5.92 Å². The van der Waals surface area contributed by atoms with Gasteiger partial charge in [-0.25, -0.2) is 4.98 Å². The van der Waals surface area contributed by atoms with Crippen molar-refractivity contribution in [1.82, 2.24) is 14.5 Å². The van der Waals surface area contributed by atoms with Gasteiger partial charge in [0, 0.05) is 32.4 Å². The summed E-state index contributed by atoms with van der Waals surface area (Å²) < 4.78 is 2.08. The number of imidazole rings is 1. The number of rotatable bonds is 3. The molecular weight excluding hydrogens is 224 g/mol. The van der Waals surface area contributed by atoms with Gasteiger partial charge in [0.05, 0.1) is 12.0 Å². The lowest BCUT2D eigenvalue weighted by Crippen LogP contribution is -2.29. The number of aromatic nitrogens is 2. The van der Waals surface area contributed by atoms with Crippen LogP contribution in [-0.2, 0) is 13.6 Å². The van der Waals surface area contributed by atoms with Gasteiger partial charge in [-0.05, 0) is 25.8 Å². The normalized spacial score (nSPS) is 23.1. The number of hydrogen-bond donors (Lipinski definition) is 1. The number of hydrogen-bond acceptors (Lipinski definition) is 3. The van der Waals surface area contributed by atoms with E-state index in [4.69, 9.17) is 5.73 Å². The van der Waals surface area contributed by atoms with Gasteiger partial charge >= 0.3 is 0 Å². The summed E-state index contributed by atoms with van der Waals surface area (Å²) in [7, 11) is 2.04.